The molecule has 2 aromatic rings. The molecular formula is C18H22ClNO2. The van der Waals surface area contributed by atoms with E-state index < -0.39 is 0 Å². The van der Waals surface area contributed by atoms with Gasteiger partial charge in [-0.25, -0.2) is 0 Å². The summed E-state index contributed by atoms with van der Waals surface area (Å²) in [5.74, 6) is 0.690. The Kier molecular flexibility index (Phi) is 6.72. The van der Waals surface area contributed by atoms with Crippen LogP contribution in [-0.2, 0) is 12.8 Å². The van der Waals surface area contributed by atoms with Gasteiger partial charge in [-0.1, -0.05) is 48.0 Å². The first-order valence-corrected chi connectivity index (χ1v) is 7.81. The Morgan fingerprint density at radius 2 is 1.91 bits per heavy atom. The zero-order chi connectivity index (χ0) is 15.8. The lowest BCUT2D eigenvalue weighted by Crippen LogP contribution is -2.35. The summed E-state index contributed by atoms with van der Waals surface area (Å²) in [6.07, 6.45) is 1.68. The zero-order valence-electron chi connectivity index (χ0n) is 12.8. The van der Waals surface area contributed by atoms with Crippen LogP contribution in [0.1, 0.15) is 11.1 Å². The van der Waals surface area contributed by atoms with E-state index in [0.717, 1.165) is 24.9 Å². The first-order chi connectivity index (χ1) is 10.7. The first-order valence-electron chi connectivity index (χ1n) is 7.43. The van der Waals surface area contributed by atoms with E-state index >= 15 is 0 Å². The summed E-state index contributed by atoms with van der Waals surface area (Å²) >= 11 is 6.12. The molecule has 0 amide bonds. The summed E-state index contributed by atoms with van der Waals surface area (Å²) in [4.78, 5) is 0. The van der Waals surface area contributed by atoms with Crippen molar-refractivity contribution in [3.05, 3.63) is 64.7 Å². The van der Waals surface area contributed by atoms with Crippen molar-refractivity contribution in [2.75, 3.05) is 20.3 Å². The number of aliphatic hydroxyl groups is 1. The summed E-state index contributed by atoms with van der Waals surface area (Å²) in [5, 5.41) is 13.5. The predicted octanol–water partition coefficient (Wildman–Crippen LogP) is 3.08. The summed E-state index contributed by atoms with van der Waals surface area (Å²) in [6.45, 7) is 0.916. The second kappa shape index (κ2) is 8.79. The van der Waals surface area contributed by atoms with E-state index in [2.05, 4.69) is 17.4 Å². The minimum absolute atomic E-state index is 0.0659. The molecule has 0 fully saturated rings. The Morgan fingerprint density at radius 3 is 2.55 bits per heavy atom. The maximum Gasteiger partial charge on any atom is 0.137 e. The molecule has 0 saturated carbocycles. The third-order valence-corrected chi connectivity index (χ3v) is 3.90. The number of rotatable bonds is 8. The molecule has 4 heteroatoms. The molecule has 0 aliphatic heterocycles. The van der Waals surface area contributed by atoms with Gasteiger partial charge in [0.2, 0.25) is 0 Å². The molecule has 22 heavy (non-hydrogen) atoms. The highest BCUT2D eigenvalue weighted by atomic mass is 35.5. The van der Waals surface area contributed by atoms with Gasteiger partial charge in [0, 0.05) is 6.04 Å². The van der Waals surface area contributed by atoms with Crippen molar-refractivity contribution in [3.8, 4) is 5.75 Å². The maximum absolute atomic E-state index is 9.50. The molecule has 0 saturated heterocycles. The minimum Gasteiger partial charge on any atom is -0.495 e. The number of methoxy groups -OCH3 is 1. The highest BCUT2D eigenvalue weighted by Crippen LogP contribution is 2.24. The summed E-state index contributed by atoms with van der Waals surface area (Å²) in [7, 11) is 1.61. The topological polar surface area (TPSA) is 41.5 Å². The molecule has 2 rings (SSSR count). The molecule has 2 aromatic carbocycles. The highest BCUT2D eigenvalue weighted by molar-refractivity contribution is 6.32. The van der Waals surface area contributed by atoms with Gasteiger partial charge in [0.05, 0.1) is 18.7 Å². The third kappa shape index (κ3) is 5.02. The summed E-state index contributed by atoms with van der Waals surface area (Å²) < 4.78 is 5.15. The minimum atomic E-state index is 0.0659. The van der Waals surface area contributed by atoms with Gasteiger partial charge in [0.25, 0.3) is 0 Å². The largest absolute Gasteiger partial charge is 0.495 e. The quantitative estimate of drug-likeness (QED) is 0.785. The average molecular weight is 320 g/mol. The Morgan fingerprint density at radius 1 is 1.14 bits per heavy atom. The first kappa shape index (κ1) is 16.8. The lowest BCUT2D eigenvalue weighted by Gasteiger charge is -2.16. The fourth-order valence-corrected chi connectivity index (χ4v) is 2.67. The standard InChI is InChI=1S/C18H22ClNO2/c1-22-18-8-7-15(12-17(18)19)9-10-20-16(13-21)11-14-5-3-2-4-6-14/h2-8,12,16,20-21H,9-11,13H2,1H3/t16-/m1/s1. The van der Waals surface area contributed by atoms with Crippen LogP contribution in [-0.4, -0.2) is 31.4 Å². The Labute approximate surface area is 136 Å². The summed E-state index contributed by atoms with van der Waals surface area (Å²) in [6, 6.07) is 16.1. The van der Waals surface area contributed by atoms with Crippen LogP contribution in [0.5, 0.6) is 5.75 Å². The molecule has 118 valence electrons. The van der Waals surface area contributed by atoms with Crippen LogP contribution in [0.4, 0.5) is 0 Å². The van der Waals surface area contributed by atoms with Crippen LogP contribution in [0.25, 0.3) is 0 Å². The van der Waals surface area contributed by atoms with Crippen LogP contribution in [0, 0.1) is 0 Å². The van der Waals surface area contributed by atoms with E-state index in [0.29, 0.717) is 10.8 Å². The van der Waals surface area contributed by atoms with Crippen molar-refractivity contribution in [2.45, 2.75) is 18.9 Å². The van der Waals surface area contributed by atoms with Gasteiger partial charge in [-0.05, 0) is 42.6 Å². The van der Waals surface area contributed by atoms with Gasteiger partial charge in [0.1, 0.15) is 5.75 Å². The van der Waals surface area contributed by atoms with Crippen LogP contribution >= 0.6 is 11.6 Å². The normalized spacial score (nSPS) is 12.1. The summed E-state index contributed by atoms with van der Waals surface area (Å²) in [5.41, 5.74) is 2.37. The van der Waals surface area contributed by atoms with Gasteiger partial charge in [-0.15, -0.1) is 0 Å². The van der Waals surface area contributed by atoms with Crippen molar-refractivity contribution in [3.63, 3.8) is 0 Å². The fourth-order valence-electron chi connectivity index (χ4n) is 2.39. The molecule has 0 heterocycles. The maximum atomic E-state index is 9.50. The van der Waals surface area contributed by atoms with E-state index in [-0.39, 0.29) is 12.6 Å². The van der Waals surface area contributed by atoms with Crippen molar-refractivity contribution in [1.82, 2.24) is 5.32 Å². The number of aliphatic hydroxyl groups excluding tert-OH is 1. The Balaban J connectivity index is 1.82. The average Bonchev–Trinajstić information content (AvgIpc) is 2.55. The van der Waals surface area contributed by atoms with Gasteiger partial charge < -0.3 is 15.2 Å². The number of hydrogen-bond donors (Lipinski definition) is 2. The molecule has 0 bridgehead atoms. The van der Waals surface area contributed by atoms with E-state index in [1.807, 2.05) is 36.4 Å². The molecule has 0 aliphatic rings. The molecule has 0 spiro atoms. The lowest BCUT2D eigenvalue weighted by molar-refractivity contribution is 0.242. The lowest BCUT2D eigenvalue weighted by atomic mass is 10.1. The molecule has 3 nitrogen and oxygen atoms in total. The smallest absolute Gasteiger partial charge is 0.137 e. The van der Waals surface area contributed by atoms with Crippen molar-refractivity contribution >= 4 is 11.6 Å². The van der Waals surface area contributed by atoms with E-state index in [1.165, 1.54) is 5.56 Å². The molecule has 2 N–H and O–H groups in total. The van der Waals surface area contributed by atoms with E-state index in [9.17, 15) is 5.11 Å². The molecule has 0 radical (unpaired) electrons. The van der Waals surface area contributed by atoms with Gasteiger partial charge in [-0.2, -0.15) is 0 Å². The Hall–Kier alpha value is -1.55. The van der Waals surface area contributed by atoms with Crippen LogP contribution < -0.4 is 10.1 Å². The number of hydrogen-bond acceptors (Lipinski definition) is 3. The molecule has 0 aromatic heterocycles. The van der Waals surface area contributed by atoms with Crippen molar-refractivity contribution in [1.29, 1.82) is 0 Å². The third-order valence-electron chi connectivity index (χ3n) is 3.61. The second-order valence-corrected chi connectivity index (χ2v) is 5.65. The number of benzene rings is 2. The fraction of sp³-hybridized carbons (Fsp3) is 0.333. The number of nitrogens with one attached hydrogen (secondary N) is 1. The Bertz CT molecular complexity index is 575. The van der Waals surface area contributed by atoms with Crippen LogP contribution in [0.2, 0.25) is 5.02 Å². The van der Waals surface area contributed by atoms with Crippen LogP contribution in [0.3, 0.4) is 0 Å². The van der Waals surface area contributed by atoms with Crippen LogP contribution in [0.15, 0.2) is 48.5 Å². The molecule has 0 unspecified atom stereocenters. The SMILES string of the molecule is COc1ccc(CCN[C@@H](CO)Cc2ccccc2)cc1Cl. The molecule has 1 atom stereocenters. The predicted molar refractivity (Wildman–Crippen MR) is 90.7 cm³/mol. The van der Waals surface area contributed by atoms with Crippen molar-refractivity contribution < 1.29 is 9.84 Å². The van der Waals surface area contributed by atoms with E-state index in [4.69, 9.17) is 16.3 Å². The number of halogens is 1. The monoisotopic (exact) mass is 319 g/mol. The zero-order valence-corrected chi connectivity index (χ0v) is 13.5. The number of ether oxygens (including phenoxy) is 1. The van der Waals surface area contributed by atoms with Gasteiger partial charge in [-0.3, -0.25) is 0 Å². The second-order valence-electron chi connectivity index (χ2n) is 5.24. The molecular weight excluding hydrogens is 298 g/mol. The van der Waals surface area contributed by atoms with Gasteiger partial charge >= 0.3 is 0 Å². The molecule has 0 aliphatic carbocycles. The van der Waals surface area contributed by atoms with Gasteiger partial charge in [0.15, 0.2) is 0 Å². The van der Waals surface area contributed by atoms with E-state index in [1.54, 1.807) is 7.11 Å². The van der Waals surface area contributed by atoms with Crippen molar-refractivity contribution in [2.24, 2.45) is 0 Å². The highest BCUT2D eigenvalue weighted by Gasteiger charge is 2.08.